The van der Waals surface area contributed by atoms with E-state index >= 15 is 0 Å². The van der Waals surface area contributed by atoms with E-state index < -0.39 is 17.5 Å². The van der Waals surface area contributed by atoms with Crippen molar-refractivity contribution in [1.29, 1.82) is 0 Å². The third-order valence-corrected chi connectivity index (χ3v) is 2.35. The Hall–Kier alpha value is -2.15. The molecule has 0 bridgehead atoms. The van der Waals surface area contributed by atoms with Crippen molar-refractivity contribution in [3.8, 4) is 11.8 Å². The van der Waals surface area contributed by atoms with Gasteiger partial charge in [0.15, 0.2) is 0 Å². The van der Waals surface area contributed by atoms with Gasteiger partial charge in [0.25, 0.3) is 11.7 Å². The molecule has 1 heterocycles. The number of fused-ring (bicyclic) bond motifs is 1. The summed E-state index contributed by atoms with van der Waals surface area (Å²) in [6, 6.07) is 3.67. The number of ketones is 1. The molecule has 3 nitrogen and oxygen atoms in total. The fourth-order valence-corrected chi connectivity index (χ4v) is 1.58. The van der Waals surface area contributed by atoms with E-state index in [1.54, 1.807) is 6.92 Å². The molecule has 0 N–H and O–H groups in total. The van der Waals surface area contributed by atoms with E-state index in [1.807, 2.05) is 0 Å². The fraction of sp³-hybridized carbons (Fsp3) is 0.167. The summed E-state index contributed by atoms with van der Waals surface area (Å²) in [6.07, 6.45) is 0. The lowest BCUT2D eigenvalue weighted by Crippen LogP contribution is -2.29. The molecule has 1 amide bonds. The number of carbonyl (C=O) groups is 2. The van der Waals surface area contributed by atoms with Crippen LogP contribution in [0.15, 0.2) is 18.2 Å². The molecule has 1 aromatic carbocycles. The average Bonchev–Trinajstić information content (AvgIpc) is 2.50. The summed E-state index contributed by atoms with van der Waals surface area (Å²) in [7, 11) is 0. The zero-order valence-corrected chi connectivity index (χ0v) is 8.58. The van der Waals surface area contributed by atoms with E-state index in [4.69, 9.17) is 0 Å². The minimum atomic E-state index is -0.650. The van der Waals surface area contributed by atoms with Gasteiger partial charge in [-0.05, 0) is 25.1 Å². The summed E-state index contributed by atoms with van der Waals surface area (Å²) in [4.78, 5) is 24.3. The number of carbonyl (C=O) groups excluding carboxylic acids is 2. The highest BCUT2D eigenvalue weighted by atomic mass is 19.1. The van der Waals surface area contributed by atoms with Crippen LogP contribution in [0.25, 0.3) is 0 Å². The zero-order valence-electron chi connectivity index (χ0n) is 8.58. The molecule has 0 unspecified atom stereocenters. The summed E-state index contributed by atoms with van der Waals surface area (Å²) < 4.78 is 13.0. The first-order chi connectivity index (χ1) is 7.65. The van der Waals surface area contributed by atoms with Crippen LogP contribution in [0.1, 0.15) is 17.3 Å². The molecule has 0 aromatic heterocycles. The van der Waals surface area contributed by atoms with Crippen LogP contribution in [0.3, 0.4) is 0 Å². The van der Waals surface area contributed by atoms with Crippen LogP contribution in [0.5, 0.6) is 0 Å². The molecule has 0 atom stereocenters. The van der Waals surface area contributed by atoms with Crippen LogP contribution in [0.4, 0.5) is 10.1 Å². The number of nitrogens with zero attached hydrogens (tertiary/aromatic N) is 1. The van der Waals surface area contributed by atoms with Gasteiger partial charge >= 0.3 is 0 Å². The molecule has 4 heteroatoms. The Morgan fingerprint density at radius 3 is 2.81 bits per heavy atom. The number of hydrogen-bond acceptors (Lipinski definition) is 2. The van der Waals surface area contributed by atoms with Crippen molar-refractivity contribution in [1.82, 2.24) is 0 Å². The monoisotopic (exact) mass is 217 g/mol. The van der Waals surface area contributed by atoms with E-state index in [2.05, 4.69) is 11.8 Å². The third kappa shape index (κ3) is 1.47. The van der Waals surface area contributed by atoms with Gasteiger partial charge in [-0.25, -0.2) is 4.39 Å². The second-order valence-electron chi connectivity index (χ2n) is 3.31. The highest BCUT2D eigenvalue weighted by Crippen LogP contribution is 2.29. The van der Waals surface area contributed by atoms with Crippen molar-refractivity contribution in [2.45, 2.75) is 6.92 Å². The first-order valence-corrected chi connectivity index (χ1v) is 4.70. The van der Waals surface area contributed by atoms with Crippen LogP contribution in [0.2, 0.25) is 0 Å². The fourth-order valence-electron chi connectivity index (χ4n) is 1.58. The topological polar surface area (TPSA) is 37.4 Å². The minimum Gasteiger partial charge on any atom is -0.293 e. The summed E-state index contributed by atoms with van der Waals surface area (Å²) in [5, 5.41) is 0. The summed E-state index contributed by atoms with van der Waals surface area (Å²) >= 11 is 0. The van der Waals surface area contributed by atoms with Crippen molar-refractivity contribution in [2.24, 2.45) is 0 Å². The maximum atomic E-state index is 13.0. The Bertz CT molecular complexity index is 540. The van der Waals surface area contributed by atoms with E-state index in [-0.39, 0.29) is 12.1 Å². The number of amides is 1. The third-order valence-electron chi connectivity index (χ3n) is 2.35. The van der Waals surface area contributed by atoms with Crippen LogP contribution >= 0.6 is 0 Å². The molecule has 80 valence electrons. The van der Waals surface area contributed by atoms with Crippen molar-refractivity contribution in [2.75, 3.05) is 11.4 Å². The number of rotatable bonds is 1. The van der Waals surface area contributed by atoms with Gasteiger partial charge < -0.3 is 0 Å². The van der Waals surface area contributed by atoms with Crippen LogP contribution in [0, 0.1) is 17.7 Å². The number of hydrogen-bond donors (Lipinski definition) is 0. The van der Waals surface area contributed by atoms with Crippen molar-refractivity contribution < 1.29 is 14.0 Å². The van der Waals surface area contributed by atoms with Crippen molar-refractivity contribution in [3.05, 3.63) is 29.6 Å². The van der Waals surface area contributed by atoms with Gasteiger partial charge in [-0.1, -0.05) is 5.92 Å². The number of halogens is 1. The quantitative estimate of drug-likeness (QED) is 0.526. The molecule has 1 aliphatic heterocycles. The molecule has 0 saturated carbocycles. The maximum Gasteiger partial charge on any atom is 0.300 e. The van der Waals surface area contributed by atoms with Crippen molar-refractivity contribution >= 4 is 17.4 Å². The predicted molar refractivity (Wildman–Crippen MR) is 56.5 cm³/mol. The van der Waals surface area contributed by atoms with Gasteiger partial charge in [-0.3, -0.25) is 14.5 Å². The van der Waals surface area contributed by atoms with Gasteiger partial charge in [0, 0.05) is 0 Å². The Balaban J connectivity index is 2.49. The standard InChI is InChI=1S/C12H8FNO2/c1-2-3-6-14-10-7-8(13)4-5-9(10)11(15)12(14)16/h4-5,7H,6H2,1H3. The number of benzene rings is 1. The molecule has 1 aromatic rings. The highest BCUT2D eigenvalue weighted by molar-refractivity contribution is 6.52. The Morgan fingerprint density at radius 2 is 2.12 bits per heavy atom. The Kier molecular flexibility index (Phi) is 2.45. The molecule has 0 fully saturated rings. The largest absolute Gasteiger partial charge is 0.300 e. The SMILES string of the molecule is CC#CCN1C(=O)C(=O)c2ccc(F)cc21. The maximum absolute atomic E-state index is 13.0. The normalized spacial score (nSPS) is 13.5. The van der Waals surface area contributed by atoms with Crippen LogP contribution in [-0.4, -0.2) is 18.2 Å². The smallest absolute Gasteiger partial charge is 0.293 e. The highest BCUT2D eigenvalue weighted by Gasteiger charge is 2.35. The predicted octanol–water partition coefficient (Wildman–Crippen LogP) is 1.38. The van der Waals surface area contributed by atoms with Crippen LogP contribution < -0.4 is 4.90 Å². The minimum absolute atomic E-state index is 0.109. The molecule has 0 aliphatic carbocycles. The molecular formula is C12H8FNO2. The van der Waals surface area contributed by atoms with Crippen LogP contribution in [-0.2, 0) is 4.79 Å². The Labute approximate surface area is 91.9 Å². The number of anilines is 1. The van der Waals surface area contributed by atoms with E-state index in [1.165, 1.54) is 23.1 Å². The molecular weight excluding hydrogens is 209 g/mol. The average molecular weight is 217 g/mol. The van der Waals surface area contributed by atoms with Gasteiger partial charge in [-0.2, -0.15) is 0 Å². The lowest BCUT2D eigenvalue weighted by Gasteiger charge is -2.12. The summed E-state index contributed by atoms with van der Waals surface area (Å²) in [5.74, 6) is 3.58. The molecule has 16 heavy (non-hydrogen) atoms. The lowest BCUT2D eigenvalue weighted by molar-refractivity contribution is -0.114. The van der Waals surface area contributed by atoms with E-state index in [0.29, 0.717) is 5.69 Å². The summed E-state index contributed by atoms with van der Waals surface area (Å²) in [5.41, 5.74) is 0.544. The molecule has 0 radical (unpaired) electrons. The van der Waals surface area contributed by atoms with E-state index in [9.17, 15) is 14.0 Å². The summed E-state index contributed by atoms with van der Waals surface area (Å²) in [6.45, 7) is 1.74. The van der Waals surface area contributed by atoms with E-state index in [0.717, 1.165) is 0 Å². The van der Waals surface area contributed by atoms with Gasteiger partial charge in [-0.15, -0.1) is 5.92 Å². The lowest BCUT2D eigenvalue weighted by atomic mass is 10.1. The Morgan fingerprint density at radius 1 is 1.38 bits per heavy atom. The molecule has 0 saturated heterocycles. The second kappa shape index (κ2) is 3.78. The number of Topliss-reactive ketones (excluding diaryl/α,β-unsaturated/α-hetero) is 1. The molecule has 1 aliphatic rings. The second-order valence-corrected chi connectivity index (χ2v) is 3.31. The molecule has 0 spiro atoms. The first-order valence-electron chi connectivity index (χ1n) is 4.70. The van der Waals surface area contributed by atoms with Gasteiger partial charge in [0.2, 0.25) is 0 Å². The van der Waals surface area contributed by atoms with Gasteiger partial charge in [0.05, 0.1) is 17.8 Å². The van der Waals surface area contributed by atoms with Crippen molar-refractivity contribution in [3.63, 3.8) is 0 Å². The van der Waals surface area contributed by atoms with Gasteiger partial charge in [0.1, 0.15) is 5.82 Å². The first kappa shape index (κ1) is 10.4. The zero-order chi connectivity index (χ0) is 11.7. The molecule has 2 rings (SSSR count).